The number of nitrogens with two attached hydrogens (primary N) is 1. The molecule has 0 aromatic heterocycles. The molecule has 0 heterocycles. The van der Waals surface area contributed by atoms with Crippen LogP contribution in [-0.4, -0.2) is 53.2 Å². The first-order valence-electron chi connectivity index (χ1n) is 5.58. The van der Waals surface area contributed by atoms with Crippen molar-refractivity contribution in [3.05, 3.63) is 0 Å². The Balaban J connectivity index is 4.22. The van der Waals surface area contributed by atoms with Gasteiger partial charge in [0.05, 0.1) is 6.54 Å². The summed E-state index contributed by atoms with van der Waals surface area (Å²) in [6.07, 6.45) is 0. The van der Waals surface area contributed by atoms with E-state index in [1.807, 2.05) is 6.92 Å². The van der Waals surface area contributed by atoms with Crippen molar-refractivity contribution in [2.24, 2.45) is 5.73 Å². The highest BCUT2D eigenvalue weighted by Gasteiger charge is 2.21. The number of carboxylic acids is 1. The van der Waals surface area contributed by atoms with Gasteiger partial charge in [0.1, 0.15) is 11.6 Å². The van der Waals surface area contributed by atoms with E-state index < -0.39 is 17.6 Å². The molecule has 0 saturated carbocycles. The normalized spacial score (nSPS) is 13.5. The Morgan fingerprint density at radius 3 is 2.29 bits per heavy atom. The van der Waals surface area contributed by atoms with E-state index in [0.29, 0.717) is 6.54 Å². The second-order valence-electron chi connectivity index (χ2n) is 4.86. The molecule has 0 fully saturated rings. The highest BCUT2D eigenvalue weighted by molar-refractivity contribution is 5.74. The van der Waals surface area contributed by atoms with E-state index in [1.165, 1.54) is 0 Å². The number of carboxylic acid groups (broad SMARTS) is 1. The molecule has 0 aliphatic rings. The lowest BCUT2D eigenvalue weighted by Gasteiger charge is -2.24. The topological polar surface area (TPSA) is 92.9 Å². The van der Waals surface area contributed by atoms with Crippen molar-refractivity contribution in [2.45, 2.75) is 39.3 Å². The molecular weight excluding hydrogens is 224 g/mol. The Morgan fingerprint density at radius 2 is 1.94 bits per heavy atom. The average Bonchev–Trinajstić information content (AvgIpc) is 2.13. The van der Waals surface area contributed by atoms with Crippen LogP contribution in [0.2, 0.25) is 0 Å². The molecule has 0 aliphatic heterocycles. The molecule has 0 bridgehead atoms. The van der Waals surface area contributed by atoms with Gasteiger partial charge in [0.25, 0.3) is 0 Å². The van der Waals surface area contributed by atoms with Crippen LogP contribution in [0.4, 0.5) is 0 Å². The SMILES string of the molecule is CCN(CC(=O)OC(C)(C)C)C[C@H](N)C(=O)O. The summed E-state index contributed by atoms with van der Waals surface area (Å²) in [6, 6.07) is -0.989. The molecule has 0 saturated heterocycles. The minimum atomic E-state index is -1.08. The van der Waals surface area contributed by atoms with Crippen molar-refractivity contribution < 1.29 is 19.4 Å². The number of likely N-dealkylation sites (N-methyl/N-ethyl adjacent to an activating group) is 1. The third kappa shape index (κ3) is 7.70. The Morgan fingerprint density at radius 1 is 1.41 bits per heavy atom. The van der Waals surface area contributed by atoms with Crippen molar-refractivity contribution in [2.75, 3.05) is 19.6 Å². The highest BCUT2D eigenvalue weighted by Crippen LogP contribution is 2.07. The van der Waals surface area contributed by atoms with Gasteiger partial charge < -0.3 is 15.6 Å². The fourth-order valence-corrected chi connectivity index (χ4v) is 1.22. The van der Waals surface area contributed by atoms with Gasteiger partial charge in [-0.2, -0.15) is 0 Å². The maximum absolute atomic E-state index is 11.5. The van der Waals surface area contributed by atoms with E-state index in [4.69, 9.17) is 15.6 Å². The molecule has 0 aliphatic carbocycles. The van der Waals surface area contributed by atoms with E-state index in [0.717, 1.165) is 0 Å². The second kappa shape index (κ2) is 6.56. The molecule has 0 aromatic carbocycles. The lowest BCUT2D eigenvalue weighted by Crippen LogP contribution is -2.45. The molecule has 0 spiro atoms. The standard InChI is InChI=1S/C11H22N2O4/c1-5-13(6-8(12)10(15)16)7-9(14)17-11(2,3)4/h8H,5-7,12H2,1-4H3,(H,15,16)/t8-/m0/s1. The fourth-order valence-electron chi connectivity index (χ4n) is 1.22. The summed E-state index contributed by atoms with van der Waals surface area (Å²) < 4.78 is 5.14. The first-order valence-corrected chi connectivity index (χ1v) is 5.58. The summed E-state index contributed by atoms with van der Waals surface area (Å²) >= 11 is 0. The highest BCUT2D eigenvalue weighted by atomic mass is 16.6. The summed E-state index contributed by atoms with van der Waals surface area (Å²) in [4.78, 5) is 23.8. The lowest BCUT2D eigenvalue weighted by atomic mass is 10.2. The monoisotopic (exact) mass is 246 g/mol. The molecule has 6 nitrogen and oxygen atoms in total. The maximum Gasteiger partial charge on any atom is 0.321 e. The van der Waals surface area contributed by atoms with Crippen LogP contribution in [0, 0.1) is 0 Å². The zero-order chi connectivity index (χ0) is 13.6. The van der Waals surface area contributed by atoms with Crippen LogP contribution >= 0.6 is 0 Å². The van der Waals surface area contributed by atoms with Gasteiger partial charge in [-0.15, -0.1) is 0 Å². The average molecular weight is 246 g/mol. The molecule has 0 unspecified atom stereocenters. The van der Waals surface area contributed by atoms with E-state index in [-0.39, 0.29) is 19.1 Å². The second-order valence-corrected chi connectivity index (χ2v) is 4.86. The smallest absolute Gasteiger partial charge is 0.321 e. The summed E-state index contributed by atoms with van der Waals surface area (Å²) in [7, 11) is 0. The van der Waals surface area contributed by atoms with Gasteiger partial charge in [-0.3, -0.25) is 14.5 Å². The molecule has 100 valence electrons. The first-order chi connectivity index (χ1) is 7.65. The fraction of sp³-hybridized carbons (Fsp3) is 0.818. The molecule has 0 aromatic rings. The third-order valence-corrected chi connectivity index (χ3v) is 1.99. The van der Waals surface area contributed by atoms with E-state index in [2.05, 4.69) is 0 Å². The van der Waals surface area contributed by atoms with Crippen molar-refractivity contribution in [3.63, 3.8) is 0 Å². The van der Waals surface area contributed by atoms with Crippen molar-refractivity contribution >= 4 is 11.9 Å². The summed E-state index contributed by atoms with van der Waals surface area (Å²) in [5, 5.41) is 8.68. The number of carbonyl (C=O) groups excluding carboxylic acids is 1. The number of nitrogens with zero attached hydrogens (tertiary/aromatic N) is 1. The Bertz CT molecular complexity index is 273. The summed E-state index contributed by atoms with van der Waals surface area (Å²) in [5.74, 6) is -1.45. The minimum absolute atomic E-state index is 0.0503. The van der Waals surface area contributed by atoms with Crippen LogP contribution in [0.15, 0.2) is 0 Å². The van der Waals surface area contributed by atoms with E-state index >= 15 is 0 Å². The number of rotatable bonds is 6. The molecular formula is C11H22N2O4. The van der Waals surface area contributed by atoms with Gasteiger partial charge in [-0.25, -0.2) is 0 Å². The number of carbonyl (C=O) groups is 2. The third-order valence-electron chi connectivity index (χ3n) is 1.99. The Kier molecular flexibility index (Phi) is 6.12. The molecule has 17 heavy (non-hydrogen) atoms. The number of ether oxygens (including phenoxy) is 1. The van der Waals surface area contributed by atoms with E-state index in [1.54, 1.807) is 25.7 Å². The van der Waals surface area contributed by atoms with Crippen LogP contribution in [0.5, 0.6) is 0 Å². The summed E-state index contributed by atoms with van der Waals surface area (Å²) in [6.45, 7) is 7.90. The predicted octanol–water partition coefficient (Wildman–Crippen LogP) is 0.0619. The lowest BCUT2D eigenvalue weighted by molar-refractivity contribution is -0.156. The number of aliphatic carboxylic acids is 1. The van der Waals surface area contributed by atoms with Crippen molar-refractivity contribution in [1.82, 2.24) is 4.90 Å². The zero-order valence-electron chi connectivity index (χ0n) is 10.9. The van der Waals surface area contributed by atoms with Gasteiger partial charge in [-0.1, -0.05) is 6.92 Å². The predicted molar refractivity (Wildman–Crippen MR) is 63.6 cm³/mol. The molecule has 1 atom stereocenters. The molecule has 0 rings (SSSR count). The summed E-state index contributed by atoms with van der Waals surface area (Å²) in [5.41, 5.74) is 4.87. The van der Waals surface area contributed by atoms with Gasteiger partial charge in [0, 0.05) is 6.54 Å². The first kappa shape index (κ1) is 15.9. The Hall–Kier alpha value is -1.14. The van der Waals surface area contributed by atoms with Gasteiger partial charge in [-0.05, 0) is 27.3 Å². The Labute approximate surface area is 102 Å². The van der Waals surface area contributed by atoms with Gasteiger partial charge >= 0.3 is 11.9 Å². The maximum atomic E-state index is 11.5. The number of hydrogen-bond donors (Lipinski definition) is 2. The largest absolute Gasteiger partial charge is 0.480 e. The zero-order valence-corrected chi connectivity index (χ0v) is 10.9. The van der Waals surface area contributed by atoms with Crippen LogP contribution in [0.1, 0.15) is 27.7 Å². The van der Waals surface area contributed by atoms with E-state index in [9.17, 15) is 9.59 Å². The van der Waals surface area contributed by atoms with Crippen LogP contribution in [-0.2, 0) is 14.3 Å². The number of esters is 1. The van der Waals surface area contributed by atoms with Crippen LogP contribution < -0.4 is 5.73 Å². The van der Waals surface area contributed by atoms with Gasteiger partial charge in [0.15, 0.2) is 0 Å². The molecule has 0 radical (unpaired) electrons. The molecule has 3 N–H and O–H groups in total. The van der Waals surface area contributed by atoms with Crippen LogP contribution in [0.3, 0.4) is 0 Å². The van der Waals surface area contributed by atoms with Gasteiger partial charge in [0.2, 0.25) is 0 Å². The molecule has 6 heteroatoms. The number of hydrogen-bond acceptors (Lipinski definition) is 5. The van der Waals surface area contributed by atoms with Crippen molar-refractivity contribution in [3.8, 4) is 0 Å². The van der Waals surface area contributed by atoms with Crippen LogP contribution in [0.25, 0.3) is 0 Å². The molecule has 0 amide bonds. The van der Waals surface area contributed by atoms with Crippen molar-refractivity contribution in [1.29, 1.82) is 0 Å². The minimum Gasteiger partial charge on any atom is -0.480 e. The quantitative estimate of drug-likeness (QED) is 0.644.